The molecule has 0 saturated carbocycles. The molecule has 3 N–H and O–H groups in total. The van der Waals surface area contributed by atoms with E-state index in [-0.39, 0.29) is 11.5 Å². The number of nitrogens with two attached hydrogens (primary N) is 1. The largest absolute Gasteiger partial charge is 0.452 e. The molecule has 0 bridgehead atoms. The zero-order valence-corrected chi connectivity index (χ0v) is 9.23. The second kappa shape index (κ2) is 5.64. The van der Waals surface area contributed by atoms with Crippen molar-refractivity contribution in [2.75, 3.05) is 11.9 Å². The van der Waals surface area contributed by atoms with Gasteiger partial charge in [0.05, 0.1) is 5.56 Å². The summed E-state index contributed by atoms with van der Waals surface area (Å²) in [6, 6.07) is 6.18. The Labute approximate surface area is 97.7 Å². The third-order valence-corrected chi connectivity index (χ3v) is 1.76. The molecule has 90 valence electrons. The Morgan fingerprint density at radius 1 is 1.35 bits per heavy atom. The fourth-order valence-corrected chi connectivity index (χ4v) is 1.15. The SMILES string of the molecule is CC(=O)Nc1cccc(C(=O)OCC(N)=O)c1. The van der Waals surface area contributed by atoms with E-state index in [0.29, 0.717) is 5.69 Å². The first kappa shape index (κ1) is 12.7. The van der Waals surface area contributed by atoms with Crippen LogP contribution < -0.4 is 11.1 Å². The van der Waals surface area contributed by atoms with Gasteiger partial charge in [0.2, 0.25) is 5.91 Å². The highest BCUT2D eigenvalue weighted by molar-refractivity contribution is 5.94. The van der Waals surface area contributed by atoms with E-state index in [9.17, 15) is 14.4 Å². The zero-order valence-electron chi connectivity index (χ0n) is 9.23. The van der Waals surface area contributed by atoms with Crippen LogP contribution >= 0.6 is 0 Å². The number of amides is 2. The van der Waals surface area contributed by atoms with E-state index in [1.165, 1.54) is 19.1 Å². The molecular weight excluding hydrogens is 224 g/mol. The van der Waals surface area contributed by atoms with Gasteiger partial charge in [-0.05, 0) is 18.2 Å². The summed E-state index contributed by atoms with van der Waals surface area (Å²) in [7, 11) is 0. The summed E-state index contributed by atoms with van der Waals surface area (Å²) in [6.07, 6.45) is 0. The molecule has 0 aliphatic carbocycles. The van der Waals surface area contributed by atoms with Crippen molar-refractivity contribution >= 4 is 23.5 Å². The normalized spacial score (nSPS) is 9.47. The van der Waals surface area contributed by atoms with Gasteiger partial charge in [-0.2, -0.15) is 0 Å². The fourth-order valence-electron chi connectivity index (χ4n) is 1.15. The van der Waals surface area contributed by atoms with Crippen LogP contribution in [0.5, 0.6) is 0 Å². The van der Waals surface area contributed by atoms with Crippen LogP contribution in [-0.4, -0.2) is 24.4 Å². The summed E-state index contributed by atoms with van der Waals surface area (Å²) in [5.41, 5.74) is 5.55. The molecule has 0 saturated heterocycles. The van der Waals surface area contributed by atoms with Crippen molar-refractivity contribution in [3.8, 4) is 0 Å². The lowest BCUT2D eigenvalue weighted by molar-refractivity contribution is -0.121. The Morgan fingerprint density at radius 3 is 2.65 bits per heavy atom. The Bertz CT molecular complexity index is 457. The van der Waals surface area contributed by atoms with Crippen molar-refractivity contribution in [3.63, 3.8) is 0 Å². The Morgan fingerprint density at radius 2 is 2.06 bits per heavy atom. The van der Waals surface area contributed by atoms with E-state index < -0.39 is 18.5 Å². The number of hydrogen-bond acceptors (Lipinski definition) is 4. The van der Waals surface area contributed by atoms with Crippen molar-refractivity contribution in [2.24, 2.45) is 5.73 Å². The first-order valence-corrected chi connectivity index (χ1v) is 4.82. The molecule has 6 heteroatoms. The smallest absolute Gasteiger partial charge is 0.338 e. The molecule has 17 heavy (non-hydrogen) atoms. The van der Waals surface area contributed by atoms with Crippen LogP contribution in [0.4, 0.5) is 5.69 Å². The summed E-state index contributed by atoms with van der Waals surface area (Å²) >= 11 is 0. The molecule has 0 spiro atoms. The van der Waals surface area contributed by atoms with Gasteiger partial charge in [0.1, 0.15) is 0 Å². The Kier molecular flexibility index (Phi) is 4.21. The average Bonchev–Trinajstić information content (AvgIpc) is 2.25. The molecule has 0 aliphatic rings. The Hall–Kier alpha value is -2.37. The maximum absolute atomic E-state index is 11.4. The van der Waals surface area contributed by atoms with Gasteiger partial charge in [0.15, 0.2) is 6.61 Å². The number of carbonyl (C=O) groups excluding carboxylic acids is 3. The van der Waals surface area contributed by atoms with Crippen LogP contribution in [0.25, 0.3) is 0 Å². The number of esters is 1. The topological polar surface area (TPSA) is 98.5 Å². The van der Waals surface area contributed by atoms with Crippen molar-refractivity contribution in [2.45, 2.75) is 6.92 Å². The number of anilines is 1. The molecule has 6 nitrogen and oxygen atoms in total. The van der Waals surface area contributed by atoms with Crippen LogP contribution in [0.2, 0.25) is 0 Å². The first-order chi connectivity index (χ1) is 7.99. The molecule has 0 atom stereocenters. The molecule has 0 radical (unpaired) electrons. The van der Waals surface area contributed by atoms with Crippen LogP contribution in [0.3, 0.4) is 0 Å². The van der Waals surface area contributed by atoms with Gasteiger partial charge >= 0.3 is 5.97 Å². The van der Waals surface area contributed by atoms with Crippen molar-refractivity contribution in [3.05, 3.63) is 29.8 Å². The molecule has 0 aromatic heterocycles. The number of primary amides is 1. The fraction of sp³-hybridized carbons (Fsp3) is 0.182. The van der Waals surface area contributed by atoms with Crippen molar-refractivity contribution in [1.29, 1.82) is 0 Å². The van der Waals surface area contributed by atoms with Gasteiger partial charge in [-0.15, -0.1) is 0 Å². The lowest BCUT2D eigenvalue weighted by atomic mass is 10.2. The molecular formula is C11H12N2O4. The first-order valence-electron chi connectivity index (χ1n) is 4.82. The van der Waals surface area contributed by atoms with Gasteiger partial charge < -0.3 is 15.8 Å². The highest BCUT2D eigenvalue weighted by atomic mass is 16.5. The van der Waals surface area contributed by atoms with Gasteiger partial charge in [-0.3, -0.25) is 9.59 Å². The number of carbonyl (C=O) groups is 3. The van der Waals surface area contributed by atoms with Crippen molar-refractivity contribution in [1.82, 2.24) is 0 Å². The van der Waals surface area contributed by atoms with Gasteiger partial charge in [0.25, 0.3) is 5.91 Å². The summed E-state index contributed by atoms with van der Waals surface area (Å²) in [4.78, 5) is 32.7. The molecule has 0 heterocycles. The Balaban J connectivity index is 2.73. The number of rotatable bonds is 4. The van der Waals surface area contributed by atoms with Crippen LogP contribution in [0.1, 0.15) is 17.3 Å². The van der Waals surface area contributed by atoms with Gasteiger partial charge in [-0.25, -0.2) is 4.79 Å². The van der Waals surface area contributed by atoms with Crippen LogP contribution in [-0.2, 0) is 14.3 Å². The number of benzene rings is 1. The number of ether oxygens (including phenoxy) is 1. The predicted molar refractivity (Wildman–Crippen MR) is 60.2 cm³/mol. The average molecular weight is 236 g/mol. The predicted octanol–water partition coefficient (Wildman–Crippen LogP) is 0.287. The van der Waals surface area contributed by atoms with E-state index in [1.807, 2.05) is 0 Å². The van der Waals surface area contributed by atoms with Gasteiger partial charge in [-0.1, -0.05) is 6.07 Å². The highest BCUT2D eigenvalue weighted by Gasteiger charge is 2.09. The summed E-state index contributed by atoms with van der Waals surface area (Å²) in [6.45, 7) is 0.890. The van der Waals surface area contributed by atoms with E-state index in [4.69, 9.17) is 5.73 Å². The number of hydrogen-bond donors (Lipinski definition) is 2. The van der Waals surface area contributed by atoms with E-state index in [2.05, 4.69) is 10.1 Å². The van der Waals surface area contributed by atoms with E-state index in [0.717, 1.165) is 0 Å². The monoisotopic (exact) mass is 236 g/mol. The van der Waals surface area contributed by atoms with E-state index in [1.54, 1.807) is 12.1 Å². The van der Waals surface area contributed by atoms with Crippen LogP contribution in [0.15, 0.2) is 24.3 Å². The quantitative estimate of drug-likeness (QED) is 0.734. The second-order valence-corrected chi connectivity index (χ2v) is 3.30. The third kappa shape index (κ3) is 4.33. The van der Waals surface area contributed by atoms with E-state index >= 15 is 0 Å². The standard InChI is InChI=1S/C11H12N2O4/c1-7(14)13-9-4-2-3-8(5-9)11(16)17-6-10(12)15/h2-5H,6H2,1H3,(H2,12,15)(H,13,14). The lowest BCUT2D eigenvalue weighted by Crippen LogP contribution is -2.21. The van der Waals surface area contributed by atoms with Crippen LogP contribution in [0, 0.1) is 0 Å². The minimum Gasteiger partial charge on any atom is -0.452 e. The zero-order chi connectivity index (χ0) is 12.8. The summed E-state index contributed by atoms with van der Waals surface area (Å²) in [5.74, 6) is -1.64. The maximum atomic E-state index is 11.4. The molecule has 1 aromatic carbocycles. The molecule has 2 amide bonds. The van der Waals surface area contributed by atoms with Gasteiger partial charge in [0, 0.05) is 12.6 Å². The molecule has 1 aromatic rings. The lowest BCUT2D eigenvalue weighted by Gasteiger charge is -2.05. The second-order valence-electron chi connectivity index (χ2n) is 3.30. The summed E-state index contributed by atoms with van der Waals surface area (Å²) in [5, 5.41) is 2.53. The van der Waals surface area contributed by atoms with Crippen molar-refractivity contribution < 1.29 is 19.1 Å². The minimum atomic E-state index is -0.726. The molecule has 0 aliphatic heterocycles. The molecule has 0 unspecified atom stereocenters. The minimum absolute atomic E-state index is 0.234. The highest BCUT2D eigenvalue weighted by Crippen LogP contribution is 2.11. The number of nitrogens with one attached hydrogen (secondary N) is 1. The third-order valence-electron chi connectivity index (χ3n) is 1.76. The molecule has 1 rings (SSSR count). The molecule has 0 fully saturated rings. The maximum Gasteiger partial charge on any atom is 0.338 e. The summed E-state index contributed by atoms with van der Waals surface area (Å²) < 4.78 is 4.62.